The van der Waals surface area contributed by atoms with E-state index in [9.17, 15) is 14.9 Å². The molecule has 0 aliphatic carbocycles. The number of nitro benzene ring substituents is 1. The van der Waals surface area contributed by atoms with E-state index in [1.807, 2.05) is 6.07 Å². The topological polar surface area (TPSA) is 72.2 Å². The maximum Gasteiger partial charge on any atom is 0.269 e. The summed E-state index contributed by atoms with van der Waals surface area (Å²) in [5, 5.41) is 13.4. The number of benzene rings is 1. The van der Waals surface area contributed by atoms with Crippen molar-refractivity contribution in [2.24, 2.45) is 0 Å². The second kappa shape index (κ2) is 7.31. The van der Waals surface area contributed by atoms with Gasteiger partial charge in [0.1, 0.15) is 0 Å². The first-order chi connectivity index (χ1) is 9.00. The maximum absolute atomic E-state index is 11.2. The van der Waals surface area contributed by atoms with Crippen molar-refractivity contribution in [2.75, 3.05) is 6.54 Å². The zero-order chi connectivity index (χ0) is 14.3. The SMILES string of the molecule is C=C(C)C(=O)NCCCCc1cccc([N+](=O)[O-])c1. The minimum absolute atomic E-state index is 0.119. The Kier molecular flexibility index (Phi) is 5.73. The molecule has 0 unspecified atom stereocenters. The van der Waals surface area contributed by atoms with Crippen molar-refractivity contribution in [3.8, 4) is 0 Å². The predicted molar refractivity (Wildman–Crippen MR) is 73.9 cm³/mol. The summed E-state index contributed by atoms with van der Waals surface area (Å²) in [6.07, 6.45) is 2.48. The van der Waals surface area contributed by atoms with Crippen LogP contribution in [0.15, 0.2) is 36.4 Å². The van der Waals surface area contributed by atoms with Crippen molar-refractivity contribution in [1.82, 2.24) is 5.32 Å². The molecule has 0 saturated heterocycles. The summed E-state index contributed by atoms with van der Waals surface area (Å²) in [5.41, 5.74) is 1.56. The van der Waals surface area contributed by atoms with Gasteiger partial charge < -0.3 is 5.32 Å². The summed E-state index contributed by atoms with van der Waals surface area (Å²) < 4.78 is 0. The van der Waals surface area contributed by atoms with Crippen molar-refractivity contribution < 1.29 is 9.72 Å². The first kappa shape index (κ1) is 14.9. The molecule has 1 aromatic carbocycles. The van der Waals surface area contributed by atoms with Crippen LogP contribution in [0.5, 0.6) is 0 Å². The number of nitro groups is 1. The van der Waals surface area contributed by atoms with Crippen LogP contribution in [0.1, 0.15) is 25.3 Å². The van der Waals surface area contributed by atoms with Gasteiger partial charge >= 0.3 is 0 Å². The van der Waals surface area contributed by atoms with Crippen LogP contribution < -0.4 is 5.32 Å². The molecule has 1 aromatic rings. The second-order valence-electron chi connectivity index (χ2n) is 4.42. The molecule has 0 radical (unpaired) electrons. The number of amides is 1. The molecular weight excluding hydrogens is 244 g/mol. The number of carbonyl (C=O) groups is 1. The number of nitrogens with zero attached hydrogens (tertiary/aromatic N) is 1. The molecule has 0 saturated carbocycles. The van der Waals surface area contributed by atoms with E-state index in [0.717, 1.165) is 24.8 Å². The lowest BCUT2D eigenvalue weighted by atomic mass is 10.1. The highest BCUT2D eigenvalue weighted by Crippen LogP contribution is 2.14. The molecule has 0 spiro atoms. The van der Waals surface area contributed by atoms with Gasteiger partial charge in [0.15, 0.2) is 0 Å². The van der Waals surface area contributed by atoms with Gasteiger partial charge in [-0.2, -0.15) is 0 Å². The van der Waals surface area contributed by atoms with Gasteiger partial charge in [0.2, 0.25) is 5.91 Å². The van der Waals surface area contributed by atoms with E-state index >= 15 is 0 Å². The Morgan fingerprint density at radius 1 is 1.42 bits per heavy atom. The van der Waals surface area contributed by atoms with Crippen molar-refractivity contribution in [1.29, 1.82) is 0 Å². The Morgan fingerprint density at radius 3 is 2.79 bits per heavy atom. The number of rotatable bonds is 7. The van der Waals surface area contributed by atoms with Gasteiger partial charge in [-0.3, -0.25) is 14.9 Å². The van der Waals surface area contributed by atoms with Crippen LogP contribution in [0, 0.1) is 10.1 Å². The quantitative estimate of drug-likeness (QED) is 0.355. The summed E-state index contributed by atoms with van der Waals surface area (Å²) in [5.74, 6) is -0.129. The molecule has 1 amide bonds. The van der Waals surface area contributed by atoms with Gasteiger partial charge in [-0.25, -0.2) is 0 Å². The Bertz CT molecular complexity index is 483. The van der Waals surface area contributed by atoms with Crippen LogP contribution in [0.25, 0.3) is 0 Å². The Hall–Kier alpha value is -2.17. The van der Waals surface area contributed by atoms with Crippen LogP contribution in [-0.4, -0.2) is 17.4 Å². The highest BCUT2D eigenvalue weighted by atomic mass is 16.6. The van der Waals surface area contributed by atoms with E-state index < -0.39 is 4.92 Å². The summed E-state index contributed by atoms with van der Waals surface area (Å²) in [6, 6.07) is 6.64. The van der Waals surface area contributed by atoms with E-state index in [0.29, 0.717) is 12.1 Å². The lowest BCUT2D eigenvalue weighted by molar-refractivity contribution is -0.384. The van der Waals surface area contributed by atoms with Crippen molar-refractivity contribution in [2.45, 2.75) is 26.2 Å². The van der Waals surface area contributed by atoms with Crippen LogP contribution >= 0.6 is 0 Å². The predicted octanol–water partition coefficient (Wildman–Crippen LogP) is 2.61. The smallest absolute Gasteiger partial charge is 0.269 e. The van der Waals surface area contributed by atoms with E-state index in [2.05, 4.69) is 11.9 Å². The van der Waals surface area contributed by atoms with Gasteiger partial charge in [0, 0.05) is 24.3 Å². The van der Waals surface area contributed by atoms with E-state index in [1.165, 1.54) is 6.07 Å². The molecule has 5 nitrogen and oxygen atoms in total. The summed E-state index contributed by atoms with van der Waals surface area (Å²) >= 11 is 0. The highest BCUT2D eigenvalue weighted by Gasteiger charge is 2.05. The maximum atomic E-state index is 11.2. The molecule has 0 aliphatic rings. The zero-order valence-corrected chi connectivity index (χ0v) is 11.0. The molecule has 1 N–H and O–H groups in total. The van der Waals surface area contributed by atoms with E-state index in [1.54, 1.807) is 19.1 Å². The average Bonchev–Trinajstić information content (AvgIpc) is 2.38. The summed E-state index contributed by atoms with van der Waals surface area (Å²) in [7, 11) is 0. The minimum Gasteiger partial charge on any atom is -0.352 e. The number of unbranched alkanes of at least 4 members (excludes halogenated alkanes) is 1. The molecule has 0 heterocycles. The van der Waals surface area contributed by atoms with Crippen molar-refractivity contribution in [3.05, 3.63) is 52.1 Å². The molecule has 0 bridgehead atoms. The molecule has 102 valence electrons. The van der Waals surface area contributed by atoms with Crippen LogP contribution in [-0.2, 0) is 11.2 Å². The first-order valence-corrected chi connectivity index (χ1v) is 6.17. The largest absolute Gasteiger partial charge is 0.352 e. The third-order valence-corrected chi connectivity index (χ3v) is 2.69. The molecule has 0 aliphatic heterocycles. The lowest BCUT2D eigenvalue weighted by Crippen LogP contribution is -2.24. The molecule has 0 atom stereocenters. The fraction of sp³-hybridized carbons (Fsp3) is 0.357. The molecule has 0 aromatic heterocycles. The summed E-state index contributed by atoms with van der Waals surface area (Å²) in [6.45, 7) is 5.81. The van der Waals surface area contributed by atoms with Crippen LogP contribution in [0.2, 0.25) is 0 Å². The third-order valence-electron chi connectivity index (χ3n) is 2.69. The Balaban J connectivity index is 2.30. The number of non-ortho nitro benzene ring substituents is 1. The second-order valence-corrected chi connectivity index (χ2v) is 4.42. The Labute approximate surface area is 112 Å². The van der Waals surface area contributed by atoms with Crippen molar-refractivity contribution in [3.63, 3.8) is 0 Å². The fourth-order valence-electron chi connectivity index (χ4n) is 1.63. The summed E-state index contributed by atoms with van der Waals surface area (Å²) in [4.78, 5) is 21.4. The molecule has 5 heteroatoms. The fourth-order valence-corrected chi connectivity index (χ4v) is 1.63. The molecular formula is C14H18N2O3. The van der Waals surface area contributed by atoms with E-state index in [4.69, 9.17) is 0 Å². The highest BCUT2D eigenvalue weighted by molar-refractivity contribution is 5.91. The first-order valence-electron chi connectivity index (χ1n) is 6.17. The number of carbonyl (C=O) groups excluding carboxylic acids is 1. The molecule has 0 fully saturated rings. The number of aryl methyl sites for hydroxylation is 1. The van der Waals surface area contributed by atoms with Gasteiger partial charge in [0.25, 0.3) is 5.69 Å². The number of hydrogen-bond donors (Lipinski definition) is 1. The Morgan fingerprint density at radius 2 is 2.16 bits per heavy atom. The lowest BCUT2D eigenvalue weighted by Gasteiger charge is -2.04. The van der Waals surface area contributed by atoms with Gasteiger partial charge in [-0.1, -0.05) is 18.7 Å². The number of hydrogen-bond acceptors (Lipinski definition) is 3. The molecule has 1 rings (SSSR count). The average molecular weight is 262 g/mol. The normalized spacial score (nSPS) is 9.95. The van der Waals surface area contributed by atoms with Crippen LogP contribution in [0.3, 0.4) is 0 Å². The van der Waals surface area contributed by atoms with Crippen LogP contribution in [0.4, 0.5) is 5.69 Å². The standard InChI is InChI=1S/C14H18N2O3/c1-11(2)14(17)15-9-4-3-6-12-7-5-8-13(10-12)16(18)19/h5,7-8,10H,1,3-4,6,9H2,2H3,(H,15,17). The van der Waals surface area contributed by atoms with Gasteiger partial charge in [-0.15, -0.1) is 0 Å². The monoisotopic (exact) mass is 262 g/mol. The molecule has 19 heavy (non-hydrogen) atoms. The van der Waals surface area contributed by atoms with E-state index in [-0.39, 0.29) is 11.6 Å². The van der Waals surface area contributed by atoms with Crippen molar-refractivity contribution >= 4 is 11.6 Å². The zero-order valence-electron chi connectivity index (χ0n) is 11.0. The third kappa shape index (κ3) is 5.33. The number of nitrogens with one attached hydrogen (secondary N) is 1. The van der Waals surface area contributed by atoms with Gasteiger partial charge in [-0.05, 0) is 31.7 Å². The van der Waals surface area contributed by atoms with Gasteiger partial charge in [0.05, 0.1) is 4.92 Å². The minimum atomic E-state index is -0.392.